The summed E-state index contributed by atoms with van der Waals surface area (Å²) in [6, 6.07) is 0. The number of ketones is 1. The van der Waals surface area contributed by atoms with Crippen molar-refractivity contribution in [2.45, 2.75) is 104 Å². The monoisotopic (exact) mass is 492 g/mol. The highest BCUT2D eigenvalue weighted by molar-refractivity contribution is 5.84. The molecule has 0 spiro atoms. The molecular weight excluding hydrogens is 452 g/mol. The zero-order chi connectivity index (χ0) is 25.8. The van der Waals surface area contributed by atoms with Gasteiger partial charge in [0.25, 0.3) is 0 Å². The third-order valence-electron chi connectivity index (χ3n) is 10.1. The molecule has 8 heteroatoms. The summed E-state index contributed by atoms with van der Waals surface area (Å²) in [7, 11) is 0. The van der Waals surface area contributed by atoms with Crippen molar-refractivity contribution in [3.05, 3.63) is 0 Å². The van der Waals surface area contributed by atoms with Crippen molar-refractivity contribution in [1.29, 1.82) is 0 Å². The minimum atomic E-state index is -1.45. The summed E-state index contributed by atoms with van der Waals surface area (Å²) < 4.78 is 16.2. The number of Topliss-reactive ketones (excluding diaryl/α,β-unsaturated/α-hetero) is 1. The number of rotatable bonds is 5. The van der Waals surface area contributed by atoms with Crippen LogP contribution in [0.15, 0.2) is 0 Å². The first-order chi connectivity index (χ1) is 16.3. The molecule has 0 radical (unpaired) electrons. The van der Waals surface area contributed by atoms with Gasteiger partial charge >= 0.3 is 17.9 Å². The highest BCUT2D eigenvalue weighted by Crippen LogP contribution is 2.68. The van der Waals surface area contributed by atoms with Gasteiger partial charge in [0.15, 0.2) is 6.10 Å². The van der Waals surface area contributed by atoms with Gasteiger partial charge in [0.2, 0.25) is 0 Å². The maximum absolute atomic E-state index is 13.9. The van der Waals surface area contributed by atoms with E-state index in [0.29, 0.717) is 12.3 Å². The Morgan fingerprint density at radius 1 is 1.00 bits per heavy atom. The summed E-state index contributed by atoms with van der Waals surface area (Å²) >= 11 is 0. The normalized spacial score (nSPS) is 43.3. The number of ether oxygens (including phenoxy) is 3. The van der Waals surface area contributed by atoms with Crippen LogP contribution in [0.3, 0.4) is 0 Å². The predicted molar refractivity (Wildman–Crippen MR) is 125 cm³/mol. The topological polar surface area (TPSA) is 116 Å². The first-order valence-corrected chi connectivity index (χ1v) is 13.0. The molecule has 1 N–H and O–H groups in total. The van der Waals surface area contributed by atoms with E-state index in [9.17, 15) is 24.3 Å². The van der Waals surface area contributed by atoms with Crippen LogP contribution in [0.2, 0.25) is 0 Å². The van der Waals surface area contributed by atoms with E-state index in [-0.39, 0.29) is 54.1 Å². The van der Waals surface area contributed by atoms with Gasteiger partial charge in [-0.2, -0.15) is 0 Å². The van der Waals surface area contributed by atoms with Gasteiger partial charge in [-0.15, -0.1) is 0 Å². The molecule has 4 fully saturated rings. The van der Waals surface area contributed by atoms with Crippen molar-refractivity contribution in [3.8, 4) is 0 Å². The molecule has 0 bridgehead atoms. The molecule has 4 saturated carbocycles. The molecule has 9 atom stereocenters. The van der Waals surface area contributed by atoms with Gasteiger partial charge in [-0.25, -0.2) is 0 Å². The Balaban J connectivity index is 1.60. The smallest absolute Gasteiger partial charge is 0.303 e. The van der Waals surface area contributed by atoms with Crippen LogP contribution in [-0.4, -0.2) is 53.2 Å². The average molecular weight is 493 g/mol. The quantitative estimate of drug-likeness (QED) is 0.459. The van der Waals surface area contributed by atoms with E-state index < -0.39 is 29.1 Å². The van der Waals surface area contributed by atoms with Gasteiger partial charge < -0.3 is 19.3 Å². The molecule has 0 aliphatic heterocycles. The highest BCUT2D eigenvalue weighted by Gasteiger charge is 2.69. The first-order valence-electron chi connectivity index (χ1n) is 13.0. The van der Waals surface area contributed by atoms with Crippen LogP contribution in [0.5, 0.6) is 0 Å². The lowest BCUT2D eigenvalue weighted by atomic mass is 9.44. The van der Waals surface area contributed by atoms with Gasteiger partial charge in [0.1, 0.15) is 24.1 Å². The van der Waals surface area contributed by atoms with Crippen molar-refractivity contribution in [3.63, 3.8) is 0 Å². The van der Waals surface area contributed by atoms with Gasteiger partial charge in [0.05, 0.1) is 0 Å². The Labute approximate surface area is 207 Å². The largest absolute Gasteiger partial charge is 0.463 e. The van der Waals surface area contributed by atoms with Gasteiger partial charge in [-0.3, -0.25) is 19.2 Å². The van der Waals surface area contributed by atoms with Crippen molar-refractivity contribution in [2.24, 2.45) is 34.5 Å². The fraction of sp³-hybridized carbons (Fsp3) is 0.852. The lowest BCUT2D eigenvalue weighted by Crippen LogP contribution is -2.63. The summed E-state index contributed by atoms with van der Waals surface area (Å²) in [5.74, 6) is -0.655. The Hall–Kier alpha value is -1.96. The van der Waals surface area contributed by atoms with Crippen LogP contribution < -0.4 is 0 Å². The van der Waals surface area contributed by atoms with Gasteiger partial charge in [-0.1, -0.05) is 13.8 Å². The Kier molecular flexibility index (Phi) is 6.84. The predicted octanol–water partition coefficient (Wildman–Crippen LogP) is 3.37. The van der Waals surface area contributed by atoms with Crippen molar-refractivity contribution in [1.82, 2.24) is 0 Å². The second kappa shape index (κ2) is 9.16. The van der Waals surface area contributed by atoms with E-state index in [0.717, 1.165) is 38.5 Å². The van der Waals surface area contributed by atoms with Crippen LogP contribution in [-0.2, 0) is 33.4 Å². The number of carbonyl (C=O) groups is 4. The van der Waals surface area contributed by atoms with Crippen LogP contribution in [0.4, 0.5) is 0 Å². The molecule has 8 nitrogen and oxygen atoms in total. The minimum absolute atomic E-state index is 0.0755. The number of carbonyl (C=O) groups excluding carboxylic acids is 4. The van der Waals surface area contributed by atoms with E-state index in [2.05, 4.69) is 6.92 Å². The maximum Gasteiger partial charge on any atom is 0.303 e. The molecule has 0 aromatic rings. The molecule has 0 aromatic heterocycles. The molecule has 0 amide bonds. The molecule has 0 saturated heterocycles. The zero-order valence-electron chi connectivity index (χ0n) is 21.6. The van der Waals surface area contributed by atoms with E-state index in [4.69, 9.17) is 14.2 Å². The molecule has 0 heterocycles. The van der Waals surface area contributed by atoms with E-state index in [1.165, 1.54) is 20.8 Å². The second-order valence-corrected chi connectivity index (χ2v) is 12.0. The first kappa shape index (κ1) is 26.1. The van der Waals surface area contributed by atoms with Crippen LogP contribution in [0.1, 0.15) is 86.0 Å². The third-order valence-corrected chi connectivity index (χ3v) is 10.1. The van der Waals surface area contributed by atoms with Gasteiger partial charge in [0, 0.05) is 38.5 Å². The summed E-state index contributed by atoms with van der Waals surface area (Å²) in [4.78, 5) is 48.8. The standard InChI is InChI=1S/C27H40O8/c1-15(28)33-14-23(35-17(3)30)27(32)11-9-21-20-7-6-18-12-19(34-16(2)29)8-10-25(18,4)24(20)22(31)13-26(21,27)5/h18-21,23-24,32H,6-14H2,1-5H3/t18-,19-,20+,21-,23+,24+,25+,26+,27-/m1/s1. The van der Waals surface area contributed by atoms with Crippen LogP contribution >= 0.6 is 0 Å². The lowest BCUT2D eigenvalue weighted by Gasteiger charge is -2.61. The molecule has 4 aliphatic carbocycles. The van der Waals surface area contributed by atoms with E-state index in [1.54, 1.807) is 0 Å². The fourth-order valence-electron chi connectivity index (χ4n) is 8.60. The number of fused-ring (bicyclic) bond motifs is 5. The summed E-state index contributed by atoms with van der Waals surface area (Å²) in [5, 5.41) is 12.0. The third kappa shape index (κ3) is 4.30. The summed E-state index contributed by atoms with van der Waals surface area (Å²) in [6.45, 7) is 7.96. The summed E-state index contributed by atoms with van der Waals surface area (Å²) in [5.41, 5.74) is -2.38. The molecule has 4 aliphatic rings. The van der Waals surface area contributed by atoms with Crippen LogP contribution in [0.25, 0.3) is 0 Å². The zero-order valence-corrected chi connectivity index (χ0v) is 21.6. The van der Waals surface area contributed by atoms with E-state index >= 15 is 0 Å². The highest BCUT2D eigenvalue weighted by atomic mass is 16.6. The molecule has 196 valence electrons. The van der Waals surface area contributed by atoms with Crippen molar-refractivity contribution in [2.75, 3.05) is 6.61 Å². The fourth-order valence-corrected chi connectivity index (χ4v) is 8.60. The minimum Gasteiger partial charge on any atom is -0.463 e. The Morgan fingerprint density at radius 3 is 2.34 bits per heavy atom. The number of esters is 3. The Bertz CT molecular complexity index is 900. The lowest BCUT2D eigenvalue weighted by molar-refractivity contribution is -0.211. The number of hydrogen-bond donors (Lipinski definition) is 1. The van der Waals surface area contributed by atoms with E-state index in [1.807, 2.05) is 6.92 Å². The summed E-state index contributed by atoms with van der Waals surface area (Å²) in [6.07, 6.45) is 4.51. The van der Waals surface area contributed by atoms with Gasteiger partial charge in [-0.05, 0) is 68.1 Å². The molecule has 0 aromatic carbocycles. The van der Waals surface area contributed by atoms with Crippen molar-refractivity contribution >= 4 is 23.7 Å². The number of aliphatic hydroxyl groups is 1. The molecule has 35 heavy (non-hydrogen) atoms. The number of hydrogen-bond acceptors (Lipinski definition) is 8. The maximum atomic E-state index is 13.9. The SMILES string of the molecule is CC(=O)OC[C@H](OC(C)=O)[C@]1(O)CC[C@@H]2[C@@H]3CC[C@@H]4C[C@H](OC(C)=O)CC[C@]4(C)[C@@H]3C(=O)C[C@@]21C. The van der Waals surface area contributed by atoms with Crippen LogP contribution in [0, 0.1) is 34.5 Å². The molecule has 0 unspecified atom stereocenters. The average Bonchev–Trinajstić information content (AvgIpc) is 3.01. The molecule has 4 rings (SSSR count). The second-order valence-electron chi connectivity index (χ2n) is 12.0. The molecular formula is C27H40O8. The Morgan fingerprint density at radius 2 is 1.71 bits per heavy atom. The van der Waals surface area contributed by atoms with Crippen molar-refractivity contribution < 1.29 is 38.5 Å².